The topological polar surface area (TPSA) is 387 Å². The summed E-state index contributed by atoms with van der Waals surface area (Å²) in [6, 6.07) is 6.92. The standard InChI is InChI=1S/C38H48O24/c1-11-21(44)26(49)29(52)35(56-11)55-10-19-23(46)27(50)34(62-37-30(53)32(24(47)18(8-39)58-37)60-36-28(51)22(45)16(43)9-54-36)38(59-19)61-33-25(48)20-15(42)6-14(41)7-17(20)57-31(33)12-2-4-13(40)5-3-12/h2-7,11,16,18-19,21-24,26-30,32,34-47,49-53H,8-10H2,1H3/t11-,16+,18+,19+,21-,22-,23+,24+,26+,27-,28+,29+,30+,32-,34+,35+,36-,37-,38-/m0/s1. The van der Waals surface area contributed by atoms with E-state index in [9.17, 15) is 76.3 Å². The third-order valence-corrected chi connectivity index (χ3v) is 11.0. The van der Waals surface area contributed by atoms with E-state index in [1.165, 1.54) is 31.2 Å². The molecule has 7 rings (SSSR count). The molecule has 0 saturated carbocycles. The molecule has 24 nitrogen and oxygen atoms in total. The van der Waals surface area contributed by atoms with Crippen LogP contribution in [0, 0.1) is 0 Å². The zero-order chi connectivity index (χ0) is 44.9. The number of hydrogen-bond acceptors (Lipinski definition) is 24. The van der Waals surface area contributed by atoms with Gasteiger partial charge in [-0.15, -0.1) is 0 Å². The summed E-state index contributed by atoms with van der Waals surface area (Å²) >= 11 is 0. The Hall–Kier alpha value is -3.87. The van der Waals surface area contributed by atoms with Gasteiger partial charge in [0.15, 0.2) is 30.7 Å². The molecule has 0 radical (unpaired) electrons. The van der Waals surface area contributed by atoms with Gasteiger partial charge in [0.25, 0.3) is 0 Å². The molecule has 4 fully saturated rings. The molecule has 4 saturated heterocycles. The summed E-state index contributed by atoms with van der Waals surface area (Å²) in [7, 11) is 0. The largest absolute Gasteiger partial charge is 0.508 e. The van der Waals surface area contributed by atoms with Gasteiger partial charge in [0.1, 0.15) is 108 Å². The van der Waals surface area contributed by atoms with E-state index in [1.807, 2.05) is 0 Å². The molecule has 0 amide bonds. The van der Waals surface area contributed by atoms with Crippen molar-refractivity contribution in [2.75, 3.05) is 19.8 Å². The van der Waals surface area contributed by atoms with Crippen molar-refractivity contribution >= 4 is 11.0 Å². The fourth-order valence-corrected chi connectivity index (χ4v) is 7.45. The molecule has 4 aliphatic rings. The molecule has 0 aliphatic carbocycles. The number of aromatic hydroxyl groups is 3. The number of fused-ring (bicyclic) bond motifs is 1. The highest BCUT2D eigenvalue weighted by Crippen LogP contribution is 2.39. The summed E-state index contributed by atoms with van der Waals surface area (Å²) in [5.41, 5.74) is -1.35. The Morgan fingerprint density at radius 2 is 1.31 bits per heavy atom. The van der Waals surface area contributed by atoms with Crippen LogP contribution in [0.2, 0.25) is 0 Å². The SMILES string of the molecule is C[C@@H]1O[C@@H](OC[C@H]2O[C@@H](Oc3c(-c4ccc(O)cc4)oc4cc(O)cc(O)c4c3=O)[C@H](O[C@@H]3O[C@H](CO)[C@@H](O)[C@H](O[C@@H]4OC[C@@H](O)[C@H](O)[C@H]4O)[C@H]3O)[C@@H](O)[C@@H]2O)[C@H](O)[C@H](O)[C@H]1O. The molecule has 344 valence electrons. The fourth-order valence-electron chi connectivity index (χ4n) is 7.45. The summed E-state index contributed by atoms with van der Waals surface area (Å²) < 4.78 is 51.6. The lowest BCUT2D eigenvalue weighted by Crippen LogP contribution is -2.66. The summed E-state index contributed by atoms with van der Waals surface area (Å²) in [4.78, 5) is 14.2. The first-order valence-electron chi connectivity index (χ1n) is 19.3. The Labute approximate surface area is 349 Å². The fraction of sp³-hybridized carbons (Fsp3) is 0.605. The summed E-state index contributed by atoms with van der Waals surface area (Å²) in [5.74, 6) is -2.58. The van der Waals surface area contributed by atoms with Crippen LogP contribution in [-0.4, -0.2) is 208 Å². The molecule has 5 heterocycles. The minimum absolute atomic E-state index is 0.0715. The van der Waals surface area contributed by atoms with Crippen molar-refractivity contribution in [1.82, 2.24) is 0 Å². The molecule has 14 N–H and O–H groups in total. The molecule has 3 aromatic rings. The second kappa shape index (κ2) is 18.7. The van der Waals surface area contributed by atoms with Crippen molar-refractivity contribution in [2.24, 2.45) is 0 Å². The van der Waals surface area contributed by atoms with Crippen molar-refractivity contribution in [3.63, 3.8) is 0 Å². The molecule has 1 aromatic heterocycles. The molecule has 0 spiro atoms. The Bertz CT molecular complexity index is 2050. The van der Waals surface area contributed by atoms with Gasteiger partial charge in [-0.2, -0.15) is 0 Å². The number of rotatable bonds is 11. The molecule has 4 aliphatic heterocycles. The van der Waals surface area contributed by atoms with E-state index in [1.54, 1.807) is 0 Å². The lowest BCUT2D eigenvalue weighted by molar-refractivity contribution is -0.378. The zero-order valence-corrected chi connectivity index (χ0v) is 32.4. The van der Waals surface area contributed by atoms with Crippen molar-refractivity contribution in [3.05, 3.63) is 46.6 Å². The van der Waals surface area contributed by atoms with Crippen LogP contribution in [0.5, 0.6) is 23.0 Å². The molecule has 24 heteroatoms. The Kier molecular flexibility index (Phi) is 13.9. The summed E-state index contributed by atoms with van der Waals surface area (Å²) in [5, 5.41) is 147. The second-order valence-corrected chi connectivity index (χ2v) is 15.3. The van der Waals surface area contributed by atoms with E-state index < -0.39 is 170 Å². The van der Waals surface area contributed by atoms with Gasteiger partial charge in [0.2, 0.25) is 17.5 Å². The average molecular weight is 889 g/mol. The van der Waals surface area contributed by atoms with E-state index >= 15 is 0 Å². The Morgan fingerprint density at radius 3 is 2.00 bits per heavy atom. The number of phenolic OH excluding ortho intramolecular Hbond substituents is 3. The Balaban J connectivity index is 1.25. The number of benzene rings is 2. The zero-order valence-electron chi connectivity index (χ0n) is 32.4. The highest BCUT2D eigenvalue weighted by molar-refractivity contribution is 5.88. The van der Waals surface area contributed by atoms with Crippen LogP contribution in [0.4, 0.5) is 0 Å². The number of aliphatic hydroxyl groups excluding tert-OH is 11. The predicted octanol–water partition coefficient (Wildman–Crippen LogP) is -5.11. The van der Waals surface area contributed by atoms with Crippen molar-refractivity contribution in [2.45, 2.75) is 124 Å². The maximum absolute atomic E-state index is 14.2. The molecule has 0 bridgehead atoms. The average Bonchev–Trinajstić information content (AvgIpc) is 3.23. The molecular formula is C38H48O24. The van der Waals surface area contributed by atoms with Gasteiger partial charge in [-0.25, -0.2) is 0 Å². The van der Waals surface area contributed by atoms with Gasteiger partial charge in [0.05, 0.1) is 25.9 Å². The molecule has 0 unspecified atom stereocenters. The molecule has 19 atom stereocenters. The highest BCUT2D eigenvalue weighted by atomic mass is 16.8. The van der Waals surface area contributed by atoms with Gasteiger partial charge in [0, 0.05) is 17.7 Å². The number of ether oxygens (including phenoxy) is 8. The van der Waals surface area contributed by atoms with E-state index in [4.69, 9.17) is 42.3 Å². The van der Waals surface area contributed by atoms with Crippen LogP contribution >= 0.6 is 0 Å². The number of hydrogen-bond donors (Lipinski definition) is 14. The first-order valence-corrected chi connectivity index (χ1v) is 19.3. The van der Waals surface area contributed by atoms with E-state index in [2.05, 4.69) is 0 Å². The third-order valence-electron chi connectivity index (χ3n) is 11.0. The minimum atomic E-state index is -2.16. The van der Waals surface area contributed by atoms with E-state index in [-0.39, 0.29) is 16.9 Å². The van der Waals surface area contributed by atoms with Crippen LogP contribution in [0.25, 0.3) is 22.3 Å². The molecule has 2 aromatic carbocycles. The van der Waals surface area contributed by atoms with E-state index in [0.29, 0.717) is 0 Å². The summed E-state index contributed by atoms with van der Waals surface area (Å²) in [6.45, 7) is -0.842. The van der Waals surface area contributed by atoms with Gasteiger partial charge < -0.3 is 114 Å². The molecule has 62 heavy (non-hydrogen) atoms. The van der Waals surface area contributed by atoms with Crippen molar-refractivity contribution in [1.29, 1.82) is 0 Å². The molecular weight excluding hydrogens is 840 g/mol. The minimum Gasteiger partial charge on any atom is -0.508 e. The van der Waals surface area contributed by atoms with Crippen molar-refractivity contribution < 1.29 is 114 Å². The van der Waals surface area contributed by atoms with Crippen LogP contribution in [0.3, 0.4) is 0 Å². The van der Waals surface area contributed by atoms with Crippen molar-refractivity contribution in [3.8, 4) is 34.3 Å². The third kappa shape index (κ3) is 8.94. The maximum Gasteiger partial charge on any atom is 0.239 e. The van der Waals surface area contributed by atoms with Crippen LogP contribution in [0.1, 0.15) is 6.92 Å². The van der Waals surface area contributed by atoms with Gasteiger partial charge in [-0.3, -0.25) is 4.79 Å². The van der Waals surface area contributed by atoms with Crippen LogP contribution in [0.15, 0.2) is 45.6 Å². The quantitative estimate of drug-likeness (QED) is 0.0856. The lowest BCUT2D eigenvalue weighted by Gasteiger charge is -2.47. The number of phenols is 3. The van der Waals surface area contributed by atoms with Gasteiger partial charge >= 0.3 is 0 Å². The smallest absolute Gasteiger partial charge is 0.239 e. The first kappa shape index (κ1) is 46.1. The predicted molar refractivity (Wildman–Crippen MR) is 198 cm³/mol. The number of aliphatic hydroxyl groups is 11. The monoisotopic (exact) mass is 888 g/mol. The lowest BCUT2D eigenvalue weighted by atomic mass is 9.96. The van der Waals surface area contributed by atoms with Gasteiger partial charge in [-0.1, -0.05) is 0 Å². The van der Waals surface area contributed by atoms with E-state index in [0.717, 1.165) is 12.1 Å². The Morgan fingerprint density at radius 1 is 0.645 bits per heavy atom. The van der Waals surface area contributed by atoms with Crippen LogP contribution < -0.4 is 10.2 Å². The first-order chi connectivity index (χ1) is 29.4. The highest BCUT2D eigenvalue weighted by Gasteiger charge is 2.54. The maximum atomic E-state index is 14.2. The normalized spacial score (nSPS) is 40.4. The van der Waals surface area contributed by atoms with Crippen LogP contribution in [-0.2, 0) is 33.2 Å². The second-order valence-electron chi connectivity index (χ2n) is 15.3. The van der Waals surface area contributed by atoms with Gasteiger partial charge in [-0.05, 0) is 31.2 Å². The summed E-state index contributed by atoms with van der Waals surface area (Å²) in [6.07, 6.45) is -34.1.